The summed E-state index contributed by atoms with van der Waals surface area (Å²) in [4.78, 5) is 16.1. The van der Waals surface area contributed by atoms with Crippen molar-refractivity contribution < 1.29 is 4.79 Å². The van der Waals surface area contributed by atoms with Crippen molar-refractivity contribution in [2.24, 2.45) is 16.6 Å². The maximum absolute atomic E-state index is 12.1. The van der Waals surface area contributed by atoms with Gasteiger partial charge in [-0.05, 0) is 12.1 Å². The lowest BCUT2D eigenvalue weighted by atomic mass is 10.2. The van der Waals surface area contributed by atoms with Gasteiger partial charge >= 0.3 is 0 Å². The summed E-state index contributed by atoms with van der Waals surface area (Å²) >= 11 is 17.5. The molecule has 0 heterocycles. The molecule has 0 radical (unpaired) electrons. The third-order valence-corrected chi connectivity index (χ3v) is 3.10. The van der Waals surface area contributed by atoms with E-state index in [0.29, 0.717) is 11.4 Å². The molecule has 0 saturated heterocycles. The molecule has 20 heavy (non-hydrogen) atoms. The highest BCUT2D eigenvalue weighted by Crippen LogP contribution is 2.31. The molecule has 1 rings (SSSR count). The Kier molecular flexibility index (Phi) is 6.11. The summed E-state index contributed by atoms with van der Waals surface area (Å²) in [6.45, 7) is 3.71. The summed E-state index contributed by atoms with van der Waals surface area (Å²) in [6.07, 6.45) is -1.05. The van der Waals surface area contributed by atoms with Gasteiger partial charge in [0.1, 0.15) is 0 Å². The first-order valence-electron chi connectivity index (χ1n) is 5.97. The van der Waals surface area contributed by atoms with Crippen molar-refractivity contribution >= 4 is 46.5 Å². The molecule has 0 unspecified atom stereocenters. The number of nitrogens with one attached hydrogen (secondary N) is 1. The van der Waals surface area contributed by atoms with E-state index in [9.17, 15) is 4.79 Å². The van der Waals surface area contributed by atoms with E-state index >= 15 is 0 Å². The minimum atomic E-state index is -1.79. The van der Waals surface area contributed by atoms with Crippen LogP contribution in [-0.2, 0) is 0 Å². The van der Waals surface area contributed by atoms with Crippen molar-refractivity contribution in [1.29, 1.82) is 0 Å². The minimum absolute atomic E-state index is 0.0153. The zero-order chi connectivity index (χ0) is 15.3. The van der Waals surface area contributed by atoms with Crippen molar-refractivity contribution in [2.45, 2.75) is 23.8 Å². The normalized spacial score (nSPS) is 14.2. The summed E-state index contributed by atoms with van der Waals surface area (Å²) in [7, 11) is 0. The number of hydrogen-bond acceptors (Lipinski definition) is 2. The van der Waals surface area contributed by atoms with E-state index in [-0.39, 0.29) is 11.8 Å². The number of alkyl halides is 3. The molecule has 0 aliphatic heterocycles. The zero-order valence-corrected chi connectivity index (χ0v) is 13.4. The molecule has 0 fully saturated rings. The topological polar surface area (TPSA) is 67.5 Å². The van der Waals surface area contributed by atoms with E-state index in [0.717, 1.165) is 0 Å². The van der Waals surface area contributed by atoms with Crippen LogP contribution in [0, 0.1) is 5.92 Å². The second-order valence-corrected chi connectivity index (χ2v) is 6.86. The molecule has 0 saturated carbocycles. The lowest BCUT2D eigenvalue weighted by Gasteiger charge is -2.23. The number of amides is 1. The molecule has 1 aromatic carbocycles. The Morgan fingerprint density at radius 1 is 1.25 bits per heavy atom. The number of halogens is 3. The Hall–Kier alpha value is -0.970. The average molecular weight is 337 g/mol. The van der Waals surface area contributed by atoms with Crippen molar-refractivity contribution in [2.75, 3.05) is 0 Å². The molecule has 1 aromatic rings. The molecule has 3 N–H and O–H groups in total. The van der Waals surface area contributed by atoms with Crippen LogP contribution in [0.25, 0.3) is 0 Å². The van der Waals surface area contributed by atoms with Crippen LogP contribution in [0.2, 0.25) is 0 Å². The highest BCUT2D eigenvalue weighted by Gasteiger charge is 2.34. The van der Waals surface area contributed by atoms with Crippen LogP contribution in [0.1, 0.15) is 24.2 Å². The van der Waals surface area contributed by atoms with Gasteiger partial charge in [-0.15, -0.1) is 0 Å². The fourth-order valence-corrected chi connectivity index (χ4v) is 1.59. The number of benzene rings is 1. The molecule has 0 aliphatic carbocycles. The SMILES string of the molecule is CC(C)C(N)=N[C@@H](NC(=O)c1ccccc1)C(Cl)(Cl)Cl. The van der Waals surface area contributed by atoms with Gasteiger partial charge in [0.15, 0.2) is 6.17 Å². The van der Waals surface area contributed by atoms with Crippen molar-refractivity contribution in [1.82, 2.24) is 5.32 Å². The van der Waals surface area contributed by atoms with Gasteiger partial charge in [-0.3, -0.25) is 4.79 Å². The van der Waals surface area contributed by atoms with E-state index in [1.807, 2.05) is 13.8 Å². The van der Waals surface area contributed by atoms with Gasteiger partial charge in [-0.1, -0.05) is 66.8 Å². The highest BCUT2D eigenvalue weighted by atomic mass is 35.6. The Balaban J connectivity index is 2.92. The molecule has 0 bridgehead atoms. The minimum Gasteiger partial charge on any atom is -0.387 e. The monoisotopic (exact) mass is 335 g/mol. The fourth-order valence-electron chi connectivity index (χ4n) is 1.28. The van der Waals surface area contributed by atoms with Gasteiger partial charge < -0.3 is 11.1 Å². The second-order valence-electron chi connectivity index (χ2n) is 4.49. The van der Waals surface area contributed by atoms with Gasteiger partial charge in [0.2, 0.25) is 3.79 Å². The van der Waals surface area contributed by atoms with Crippen LogP contribution in [0.5, 0.6) is 0 Å². The second kappa shape index (κ2) is 7.16. The Morgan fingerprint density at radius 3 is 2.25 bits per heavy atom. The number of nitrogens with two attached hydrogens (primary N) is 1. The average Bonchev–Trinajstić information content (AvgIpc) is 2.37. The van der Waals surface area contributed by atoms with Crippen LogP contribution < -0.4 is 11.1 Å². The largest absolute Gasteiger partial charge is 0.387 e. The smallest absolute Gasteiger partial charge is 0.253 e. The van der Waals surface area contributed by atoms with Crippen molar-refractivity contribution in [3.63, 3.8) is 0 Å². The molecular weight excluding hydrogens is 321 g/mol. The first-order valence-corrected chi connectivity index (χ1v) is 7.11. The van der Waals surface area contributed by atoms with Gasteiger partial charge in [0, 0.05) is 11.5 Å². The molecular formula is C13H16Cl3N3O. The third kappa shape index (κ3) is 5.19. The van der Waals surface area contributed by atoms with E-state index in [1.165, 1.54) is 0 Å². The summed E-state index contributed by atoms with van der Waals surface area (Å²) in [5.74, 6) is -0.101. The summed E-state index contributed by atoms with van der Waals surface area (Å²) in [5, 5.41) is 2.56. The third-order valence-electron chi connectivity index (χ3n) is 2.48. The molecule has 0 aromatic heterocycles. The molecule has 7 heteroatoms. The number of rotatable bonds is 4. The van der Waals surface area contributed by atoms with E-state index in [1.54, 1.807) is 30.3 Å². The number of hydrogen-bond donors (Lipinski definition) is 2. The first kappa shape index (κ1) is 17.1. The van der Waals surface area contributed by atoms with E-state index < -0.39 is 9.96 Å². The van der Waals surface area contributed by atoms with E-state index in [2.05, 4.69) is 10.3 Å². The first-order chi connectivity index (χ1) is 9.21. The number of aliphatic imine (C=N–C) groups is 1. The molecule has 0 spiro atoms. The standard InChI is InChI=1S/C13H16Cl3N3O/c1-8(2)10(17)18-12(13(14,15)16)19-11(20)9-6-4-3-5-7-9/h3-8,12H,1-2H3,(H2,17,18)(H,19,20)/t12-/m0/s1. The summed E-state index contributed by atoms with van der Waals surface area (Å²) in [6, 6.07) is 8.59. The number of nitrogens with zero attached hydrogens (tertiary/aromatic N) is 1. The number of carbonyl (C=O) groups is 1. The maximum Gasteiger partial charge on any atom is 0.253 e. The number of amidine groups is 1. The van der Waals surface area contributed by atoms with Gasteiger partial charge in [-0.2, -0.15) is 0 Å². The molecule has 0 aliphatic rings. The molecule has 1 atom stereocenters. The van der Waals surface area contributed by atoms with Crippen LogP contribution in [0.3, 0.4) is 0 Å². The molecule has 4 nitrogen and oxygen atoms in total. The molecule has 110 valence electrons. The quantitative estimate of drug-likeness (QED) is 0.504. The molecule has 1 amide bonds. The van der Waals surface area contributed by atoms with Crippen LogP contribution in [-0.4, -0.2) is 21.7 Å². The van der Waals surface area contributed by atoms with Crippen LogP contribution in [0.4, 0.5) is 0 Å². The van der Waals surface area contributed by atoms with Crippen LogP contribution >= 0.6 is 34.8 Å². The lowest BCUT2D eigenvalue weighted by molar-refractivity contribution is 0.0938. The van der Waals surface area contributed by atoms with E-state index in [4.69, 9.17) is 40.5 Å². The van der Waals surface area contributed by atoms with Crippen LogP contribution in [0.15, 0.2) is 35.3 Å². The van der Waals surface area contributed by atoms with Gasteiger partial charge in [0.25, 0.3) is 5.91 Å². The lowest BCUT2D eigenvalue weighted by Crippen LogP contribution is -2.44. The Morgan fingerprint density at radius 2 is 1.80 bits per heavy atom. The van der Waals surface area contributed by atoms with Gasteiger partial charge in [-0.25, -0.2) is 4.99 Å². The highest BCUT2D eigenvalue weighted by molar-refractivity contribution is 6.68. The van der Waals surface area contributed by atoms with Crippen molar-refractivity contribution in [3.05, 3.63) is 35.9 Å². The van der Waals surface area contributed by atoms with Crippen molar-refractivity contribution in [3.8, 4) is 0 Å². The Labute approximate surface area is 133 Å². The maximum atomic E-state index is 12.1. The fraction of sp³-hybridized carbons (Fsp3) is 0.385. The summed E-state index contributed by atoms with van der Waals surface area (Å²) in [5.41, 5.74) is 6.20. The number of carbonyl (C=O) groups excluding carboxylic acids is 1. The zero-order valence-electron chi connectivity index (χ0n) is 11.1. The van der Waals surface area contributed by atoms with Gasteiger partial charge in [0.05, 0.1) is 5.84 Å². The predicted molar refractivity (Wildman–Crippen MR) is 84.4 cm³/mol. The predicted octanol–water partition coefficient (Wildman–Crippen LogP) is 3.13. The Bertz CT molecular complexity index is 483. The summed E-state index contributed by atoms with van der Waals surface area (Å²) < 4.78 is -1.79.